The number of hydrogen-bond acceptors (Lipinski definition) is 4. The van der Waals surface area contributed by atoms with E-state index < -0.39 is 0 Å². The highest BCUT2D eigenvalue weighted by Gasteiger charge is 2.33. The van der Waals surface area contributed by atoms with Crippen molar-refractivity contribution in [2.45, 2.75) is 32.4 Å². The van der Waals surface area contributed by atoms with Crippen LogP contribution in [0.15, 0.2) is 30.3 Å². The average Bonchev–Trinajstić information content (AvgIpc) is 2.49. The van der Waals surface area contributed by atoms with Crippen LogP contribution in [0, 0.1) is 5.92 Å². The molecule has 1 aromatic rings. The van der Waals surface area contributed by atoms with Gasteiger partial charge in [-0.15, -0.1) is 0 Å². The third-order valence-corrected chi connectivity index (χ3v) is 3.71. The number of carbonyl (C=O) groups excluding carboxylic acids is 1. The van der Waals surface area contributed by atoms with Crippen molar-refractivity contribution in [3.05, 3.63) is 35.9 Å². The minimum atomic E-state index is -0.117. The van der Waals surface area contributed by atoms with Crippen LogP contribution in [0.4, 0.5) is 0 Å². The summed E-state index contributed by atoms with van der Waals surface area (Å²) < 4.78 is 10.7. The Morgan fingerprint density at radius 1 is 1.45 bits per heavy atom. The summed E-state index contributed by atoms with van der Waals surface area (Å²) in [5, 5.41) is 3.50. The quantitative estimate of drug-likeness (QED) is 0.839. The number of nitrogens with one attached hydrogen (secondary N) is 1. The molecule has 0 saturated carbocycles. The monoisotopic (exact) mass is 277 g/mol. The Kier molecular flexibility index (Phi) is 5.56. The Morgan fingerprint density at radius 3 is 2.90 bits per heavy atom. The Bertz CT molecular complexity index is 421. The molecule has 4 nitrogen and oxygen atoms in total. The van der Waals surface area contributed by atoms with Crippen molar-refractivity contribution in [3.63, 3.8) is 0 Å². The zero-order chi connectivity index (χ0) is 14.4. The van der Waals surface area contributed by atoms with E-state index in [1.807, 2.05) is 25.1 Å². The molecule has 1 fully saturated rings. The summed E-state index contributed by atoms with van der Waals surface area (Å²) in [6.07, 6.45) is 0.720. The van der Waals surface area contributed by atoms with Crippen molar-refractivity contribution in [1.82, 2.24) is 5.32 Å². The van der Waals surface area contributed by atoms with Gasteiger partial charge in [0.2, 0.25) is 0 Å². The van der Waals surface area contributed by atoms with E-state index >= 15 is 0 Å². The molecule has 3 atom stereocenters. The average molecular weight is 277 g/mol. The van der Waals surface area contributed by atoms with Gasteiger partial charge in [0, 0.05) is 18.7 Å². The molecule has 1 heterocycles. The van der Waals surface area contributed by atoms with E-state index in [0.717, 1.165) is 6.42 Å². The molecule has 0 aromatic heterocycles. The molecule has 1 aliphatic heterocycles. The van der Waals surface area contributed by atoms with Gasteiger partial charge in [0.25, 0.3) is 0 Å². The summed E-state index contributed by atoms with van der Waals surface area (Å²) in [5.41, 5.74) is 1.21. The van der Waals surface area contributed by atoms with Gasteiger partial charge in [0.1, 0.15) is 0 Å². The summed E-state index contributed by atoms with van der Waals surface area (Å²) in [4.78, 5) is 12.0. The Hall–Kier alpha value is -1.39. The minimum absolute atomic E-state index is 0.0120. The SMILES string of the molecule is CCOC(=O)[C@@H]1CCOC[C@H]1NC(C)c1ccccc1. The van der Waals surface area contributed by atoms with Gasteiger partial charge in [-0.05, 0) is 25.8 Å². The van der Waals surface area contributed by atoms with E-state index in [1.54, 1.807) is 0 Å². The van der Waals surface area contributed by atoms with E-state index in [1.165, 1.54) is 5.56 Å². The van der Waals surface area contributed by atoms with Gasteiger partial charge in [-0.3, -0.25) is 4.79 Å². The highest BCUT2D eigenvalue weighted by Crippen LogP contribution is 2.21. The summed E-state index contributed by atoms with van der Waals surface area (Å²) in [5.74, 6) is -0.233. The topological polar surface area (TPSA) is 47.6 Å². The maximum absolute atomic E-state index is 12.0. The fourth-order valence-electron chi connectivity index (χ4n) is 2.59. The van der Waals surface area contributed by atoms with Crippen LogP contribution in [-0.4, -0.2) is 31.8 Å². The first kappa shape index (κ1) is 15.0. The highest BCUT2D eigenvalue weighted by atomic mass is 16.5. The highest BCUT2D eigenvalue weighted by molar-refractivity contribution is 5.73. The van der Waals surface area contributed by atoms with Crippen molar-refractivity contribution in [2.24, 2.45) is 5.92 Å². The van der Waals surface area contributed by atoms with Gasteiger partial charge < -0.3 is 14.8 Å². The van der Waals surface area contributed by atoms with Crippen LogP contribution in [0.25, 0.3) is 0 Å². The first-order chi connectivity index (χ1) is 9.72. The lowest BCUT2D eigenvalue weighted by Gasteiger charge is -2.33. The molecule has 1 saturated heterocycles. The van der Waals surface area contributed by atoms with Crippen LogP contribution >= 0.6 is 0 Å². The lowest BCUT2D eigenvalue weighted by atomic mass is 9.93. The van der Waals surface area contributed by atoms with E-state index in [4.69, 9.17) is 9.47 Å². The molecule has 1 N–H and O–H groups in total. The van der Waals surface area contributed by atoms with E-state index in [2.05, 4.69) is 24.4 Å². The summed E-state index contributed by atoms with van der Waals surface area (Å²) in [6, 6.07) is 10.4. The Labute approximate surface area is 120 Å². The third kappa shape index (κ3) is 3.81. The van der Waals surface area contributed by atoms with Crippen molar-refractivity contribution >= 4 is 5.97 Å². The van der Waals surface area contributed by atoms with Crippen LogP contribution in [0.3, 0.4) is 0 Å². The lowest BCUT2D eigenvalue weighted by molar-refractivity contribution is -0.152. The first-order valence-electron chi connectivity index (χ1n) is 7.27. The molecule has 1 aliphatic rings. The second-order valence-electron chi connectivity index (χ2n) is 5.13. The number of ether oxygens (including phenoxy) is 2. The molecule has 110 valence electrons. The molecule has 0 spiro atoms. The van der Waals surface area contributed by atoms with Crippen LogP contribution in [-0.2, 0) is 14.3 Å². The smallest absolute Gasteiger partial charge is 0.310 e. The molecule has 0 radical (unpaired) electrons. The van der Waals surface area contributed by atoms with Crippen LogP contribution in [0.2, 0.25) is 0 Å². The van der Waals surface area contributed by atoms with E-state index in [-0.39, 0.29) is 24.0 Å². The number of carbonyl (C=O) groups is 1. The van der Waals surface area contributed by atoms with Crippen LogP contribution in [0.1, 0.15) is 31.9 Å². The predicted molar refractivity (Wildman–Crippen MR) is 77.3 cm³/mol. The van der Waals surface area contributed by atoms with E-state index in [0.29, 0.717) is 19.8 Å². The molecule has 20 heavy (non-hydrogen) atoms. The third-order valence-electron chi connectivity index (χ3n) is 3.71. The van der Waals surface area contributed by atoms with E-state index in [9.17, 15) is 4.79 Å². The maximum atomic E-state index is 12.0. The molecular weight excluding hydrogens is 254 g/mol. The van der Waals surface area contributed by atoms with Gasteiger partial charge in [0.05, 0.1) is 19.1 Å². The minimum Gasteiger partial charge on any atom is -0.466 e. The summed E-state index contributed by atoms with van der Waals surface area (Å²) >= 11 is 0. The fourth-order valence-corrected chi connectivity index (χ4v) is 2.59. The normalized spacial score (nSPS) is 24.1. The maximum Gasteiger partial charge on any atom is 0.310 e. The fraction of sp³-hybridized carbons (Fsp3) is 0.562. The van der Waals surface area contributed by atoms with Gasteiger partial charge in [-0.1, -0.05) is 30.3 Å². The molecule has 1 unspecified atom stereocenters. The molecule has 2 rings (SSSR count). The van der Waals surface area contributed by atoms with Gasteiger partial charge in [-0.2, -0.15) is 0 Å². The number of hydrogen-bond donors (Lipinski definition) is 1. The number of rotatable bonds is 5. The van der Waals surface area contributed by atoms with Crippen molar-refractivity contribution in [3.8, 4) is 0 Å². The van der Waals surface area contributed by atoms with Crippen molar-refractivity contribution in [2.75, 3.05) is 19.8 Å². The number of benzene rings is 1. The number of esters is 1. The molecular formula is C16H23NO3. The van der Waals surface area contributed by atoms with Crippen molar-refractivity contribution < 1.29 is 14.3 Å². The zero-order valence-corrected chi connectivity index (χ0v) is 12.2. The Morgan fingerprint density at radius 2 is 2.20 bits per heavy atom. The summed E-state index contributed by atoms with van der Waals surface area (Å²) in [6.45, 7) is 5.55. The predicted octanol–water partition coefficient (Wildman–Crippen LogP) is 2.31. The summed E-state index contributed by atoms with van der Waals surface area (Å²) in [7, 11) is 0. The first-order valence-corrected chi connectivity index (χ1v) is 7.27. The van der Waals surface area contributed by atoms with Gasteiger partial charge in [0.15, 0.2) is 0 Å². The van der Waals surface area contributed by atoms with Gasteiger partial charge >= 0.3 is 5.97 Å². The second kappa shape index (κ2) is 7.41. The zero-order valence-electron chi connectivity index (χ0n) is 12.2. The molecule has 0 amide bonds. The lowest BCUT2D eigenvalue weighted by Crippen LogP contribution is -2.48. The van der Waals surface area contributed by atoms with Crippen LogP contribution in [0.5, 0.6) is 0 Å². The Balaban J connectivity index is 2.00. The van der Waals surface area contributed by atoms with Crippen molar-refractivity contribution in [1.29, 1.82) is 0 Å². The van der Waals surface area contributed by atoms with Gasteiger partial charge in [-0.25, -0.2) is 0 Å². The molecule has 1 aromatic carbocycles. The molecule has 0 bridgehead atoms. The molecule has 4 heteroatoms. The largest absolute Gasteiger partial charge is 0.466 e. The molecule has 0 aliphatic carbocycles. The standard InChI is InChI=1S/C16H23NO3/c1-3-20-16(18)14-9-10-19-11-15(14)17-12(2)13-7-5-4-6-8-13/h4-8,12,14-15,17H,3,9-11H2,1-2H3/t12?,14-,15-/m1/s1. The van der Waals surface area contributed by atoms with Crippen LogP contribution < -0.4 is 5.32 Å². The second-order valence-corrected chi connectivity index (χ2v) is 5.13.